The van der Waals surface area contributed by atoms with Crippen molar-refractivity contribution in [3.8, 4) is 0 Å². The van der Waals surface area contributed by atoms with Crippen LogP contribution in [0, 0.1) is 0 Å². The molecule has 6 nitrogen and oxygen atoms in total. The Kier molecular flexibility index (Phi) is 6.44. The normalized spacial score (nSPS) is 10.7. The molecule has 1 amide bonds. The average molecular weight is 286 g/mol. The van der Waals surface area contributed by atoms with Gasteiger partial charge < -0.3 is 15.2 Å². The van der Waals surface area contributed by atoms with E-state index < -0.39 is 5.97 Å². The first-order valence-corrected chi connectivity index (χ1v) is 6.93. The number of amides is 1. The number of ether oxygens (including phenoxy) is 1. The number of carboxylic acids is 1. The summed E-state index contributed by atoms with van der Waals surface area (Å²) in [6, 6.07) is 0. The van der Waals surface area contributed by atoms with Crippen LogP contribution in [0.1, 0.15) is 42.2 Å². The van der Waals surface area contributed by atoms with Gasteiger partial charge in [0.15, 0.2) is 5.69 Å². The van der Waals surface area contributed by atoms with Crippen LogP contribution in [0.15, 0.2) is 5.38 Å². The molecule has 7 heteroatoms. The largest absolute Gasteiger partial charge is 0.476 e. The lowest BCUT2D eigenvalue weighted by molar-refractivity contribution is -0.121. The second kappa shape index (κ2) is 7.85. The van der Waals surface area contributed by atoms with Crippen molar-refractivity contribution in [3.63, 3.8) is 0 Å². The van der Waals surface area contributed by atoms with E-state index in [-0.39, 0.29) is 24.2 Å². The molecule has 0 spiro atoms. The highest BCUT2D eigenvalue weighted by Crippen LogP contribution is 2.09. The summed E-state index contributed by atoms with van der Waals surface area (Å²) in [6.45, 7) is 4.72. The maximum atomic E-state index is 11.5. The molecule has 0 unspecified atom stereocenters. The van der Waals surface area contributed by atoms with Gasteiger partial charge in [0, 0.05) is 18.4 Å². The Morgan fingerprint density at radius 3 is 2.84 bits per heavy atom. The van der Waals surface area contributed by atoms with Gasteiger partial charge in [-0.3, -0.25) is 4.79 Å². The van der Waals surface area contributed by atoms with Crippen molar-refractivity contribution in [2.45, 2.75) is 39.3 Å². The topological polar surface area (TPSA) is 88.5 Å². The zero-order valence-corrected chi connectivity index (χ0v) is 11.8. The first-order valence-electron chi connectivity index (χ1n) is 6.05. The van der Waals surface area contributed by atoms with E-state index in [9.17, 15) is 9.59 Å². The molecule has 0 aliphatic heterocycles. The minimum Gasteiger partial charge on any atom is -0.476 e. The van der Waals surface area contributed by atoms with Crippen LogP contribution in [0.5, 0.6) is 0 Å². The van der Waals surface area contributed by atoms with Crippen molar-refractivity contribution in [1.82, 2.24) is 10.3 Å². The van der Waals surface area contributed by atoms with Crippen LogP contribution in [0.25, 0.3) is 0 Å². The Morgan fingerprint density at radius 1 is 1.53 bits per heavy atom. The van der Waals surface area contributed by atoms with Crippen LogP contribution in [-0.2, 0) is 16.1 Å². The van der Waals surface area contributed by atoms with Crippen LogP contribution >= 0.6 is 11.3 Å². The third-order valence-corrected chi connectivity index (χ3v) is 3.06. The van der Waals surface area contributed by atoms with Crippen LogP contribution in [0.4, 0.5) is 0 Å². The highest BCUT2D eigenvalue weighted by Gasteiger charge is 2.09. The maximum absolute atomic E-state index is 11.5. The first kappa shape index (κ1) is 15.6. The molecule has 0 aliphatic rings. The number of hydrogen-bond acceptors (Lipinski definition) is 5. The monoisotopic (exact) mass is 286 g/mol. The summed E-state index contributed by atoms with van der Waals surface area (Å²) < 4.78 is 5.33. The van der Waals surface area contributed by atoms with Crippen molar-refractivity contribution in [2.75, 3.05) is 6.61 Å². The highest BCUT2D eigenvalue weighted by molar-refractivity contribution is 7.09. The molecule has 0 aliphatic carbocycles. The molecule has 0 saturated heterocycles. The number of carboxylic acid groups (broad SMARTS) is 1. The fourth-order valence-corrected chi connectivity index (χ4v) is 2.01. The van der Waals surface area contributed by atoms with E-state index in [0.29, 0.717) is 24.5 Å². The molecule has 1 aromatic rings. The van der Waals surface area contributed by atoms with Gasteiger partial charge >= 0.3 is 5.97 Å². The van der Waals surface area contributed by atoms with E-state index in [1.165, 1.54) is 16.7 Å². The lowest BCUT2D eigenvalue weighted by atomic mass is 10.3. The number of nitrogens with zero attached hydrogens (tertiary/aromatic N) is 1. The Balaban J connectivity index is 2.20. The zero-order chi connectivity index (χ0) is 14.3. The molecule has 1 rings (SSSR count). The number of thiazole rings is 1. The minimum atomic E-state index is -1.06. The fourth-order valence-electron chi connectivity index (χ4n) is 1.30. The number of hydrogen-bond donors (Lipinski definition) is 2. The van der Waals surface area contributed by atoms with Crippen molar-refractivity contribution in [2.24, 2.45) is 0 Å². The molecular weight excluding hydrogens is 268 g/mol. The average Bonchev–Trinajstić information content (AvgIpc) is 2.81. The Labute approximate surface area is 115 Å². The van der Waals surface area contributed by atoms with Gasteiger partial charge in [0.25, 0.3) is 0 Å². The van der Waals surface area contributed by atoms with E-state index in [1.54, 1.807) is 0 Å². The van der Waals surface area contributed by atoms with Crippen LogP contribution < -0.4 is 5.32 Å². The van der Waals surface area contributed by atoms with Crippen molar-refractivity contribution >= 4 is 23.2 Å². The van der Waals surface area contributed by atoms with Crippen molar-refractivity contribution in [1.29, 1.82) is 0 Å². The standard InChI is InChI=1S/C12H18N2O4S/c1-8(2)18-5-3-4-10(15)13-6-11-14-9(7-19-11)12(16)17/h7-8H,3-6H2,1-2H3,(H,13,15)(H,16,17). The van der Waals surface area contributed by atoms with Crippen molar-refractivity contribution < 1.29 is 19.4 Å². The van der Waals surface area contributed by atoms with E-state index in [4.69, 9.17) is 9.84 Å². The zero-order valence-electron chi connectivity index (χ0n) is 11.0. The lowest BCUT2D eigenvalue weighted by Gasteiger charge is -2.07. The van der Waals surface area contributed by atoms with E-state index >= 15 is 0 Å². The summed E-state index contributed by atoms with van der Waals surface area (Å²) in [5, 5.41) is 13.5. The number of aromatic carboxylic acids is 1. The number of aromatic nitrogens is 1. The summed E-state index contributed by atoms with van der Waals surface area (Å²) in [5.41, 5.74) is 0.0135. The predicted molar refractivity (Wildman–Crippen MR) is 71.2 cm³/mol. The van der Waals surface area contributed by atoms with E-state index in [2.05, 4.69) is 10.3 Å². The molecule has 0 aromatic carbocycles. The Bertz CT molecular complexity index is 431. The Hall–Kier alpha value is -1.47. The lowest BCUT2D eigenvalue weighted by Crippen LogP contribution is -2.23. The van der Waals surface area contributed by atoms with Crippen LogP contribution in [0.3, 0.4) is 0 Å². The summed E-state index contributed by atoms with van der Waals surface area (Å²) in [5.74, 6) is -1.14. The van der Waals surface area contributed by atoms with Gasteiger partial charge in [-0.15, -0.1) is 11.3 Å². The molecule has 0 fully saturated rings. The van der Waals surface area contributed by atoms with Gasteiger partial charge in [-0.25, -0.2) is 9.78 Å². The molecule has 0 bridgehead atoms. The van der Waals surface area contributed by atoms with Gasteiger partial charge in [-0.2, -0.15) is 0 Å². The number of nitrogens with one attached hydrogen (secondary N) is 1. The summed E-state index contributed by atoms with van der Waals surface area (Å²) >= 11 is 1.22. The summed E-state index contributed by atoms with van der Waals surface area (Å²) in [4.78, 5) is 26.0. The second-order valence-corrected chi connectivity index (χ2v) is 5.17. The first-order chi connectivity index (χ1) is 8.99. The molecule has 106 valence electrons. The second-order valence-electron chi connectivity index (χ2n) is 4.23. The molecule has 0 saturated carbocycles. The molecule has 1 heterocycles. The number of carbonyl (C=O) groups excluding carboxylic acids is 1. The third kappa shape index (κ3) is 6.30. The molecule has 0 atom stereocenters. The summed E-state index contributed by atoms with van der Waals surface area (Å²) in [6.07, 6.45) is 1.24. The van der Waals surface area contributed by atoms with Gasteiger partial charge in [0.1, 0.15) is 5.01 Å². The molecule has 2 N–H and O–H groups in total. The van der Waals surface area contributed by atoms with Gasteiger partial charge in [0.2, 0.25) is 5.91 Å². The molecule has 0 radical (unpaired) electrons. The minimum absolute atomic E-state index is 0.0135. The quantitative estimate of drug-likeness (QED) is 0.710. The van der Waals surface area contributed by atoms with E-state index in [0.717, 1.165) is 0 Å². The summed E-state index contributed by atoms with van der Waals surface area (Å²) in [7, 11) is 0. The fraction of sp³-hybridized carbons (Fsp3) is 0.583. The number of carbonyl (C=O) groups is 2. The van der Waals surface area contributed by atoms with Crippen LogP contribution in [-0.4, -0.2) is 34.7 Å². The smallest absolute Gasteiger partial charge is 0.355 e. The van der Waals surface area contributed by atoms with E-state index in [1.807, 2.05) is 13.8 Å². The number of rotatable bonds is 8. The van der Waals surface area contributed by atoms with Crippen LogP contribution in [0.2, 0.25) is 0 Å². The maximum Gasteiger partial charge on any atom is 0.355 e. The van der Waals surface area contributed by atoms with Gasteiger partial charge in [-0.05, 0) is 20.3 Å². The highest BCUT2D eigenvalue weighted by atomic mass is 32.1. The third-order valence-electron chi connectivity index (χ3n) is 2.21. The van der Waals surface area contributed by atoms with Gasteiger partial charge in [0.05, 0.1) is 12.6 Å². The van der Waals surface area contributed by atoms with Crippen molar-refractivity contribution in [3.05, 3.63) is 16.1 Å². The Morgan fingerprint density at radius 2 is 2.26 bits per heavy atom. The molecule has 19 heavy (non-hydrogen) atoms. The van der Waals surface area contributed by atoms with Gasteiger partial charge in [-0.1, -0.05) is 0 Å². The predicted octanol–water partition coefficient (Wildman–Crippen LogP) is 1.66. The SMILES string of the molecule is CC(C)OCCCC(=O)NCc1nc(C(=O)O)cs1. The molecular formula is C12H18N2O4S. The molecule has 1 aromatic heterocycles.